The molecule has 0 radical (unpaired) electrons. The summed E-state index contributed by atoms with van der Waals surface area (Å²) in [5, 5.41) is 11.8. The molecule has 2 N–H and O–H groups in total. The highest BCUT2D eigenvalue weighted by molar-refractivity contribution is 6.30. The molecule has 1 amide bonds. The van der Waals surface area contributed by atoms with Crippen molar-refractivity contribution in [3.05, 3.63) is 29.3 Å². The maximum Gasteiger partial charge on any atom is 0.326 e. The lowest BCUT2D eigenvalue weighted by Gasteiger charge is -2.13. The number of carboxylic acids is 1. The molecule has 0 aliphatic rings. The zero-order valence-electron chi connectivity index (χ0n) is 10.6. The first-order valence-electron chi connectivity index (χ1n) is 5.93. The number of carbonyl (C=O) groups excluding carboxylic acids is 1. The molecule has 5 nitrogen and oxygen atoms in total. The number of amides is 1. The van der Waals surface area contributed by atoms with Crippen LogP contribution in [0.4, 0.5) is 0 Å². The molecule has 0 unspecified atom stereocenters. The van der Waals surface area contributed by atoms with Crippen LogP contribution in [0.3, 0.4) is 0 Å². The molecule has 6 heteroatoms. The van der Waals surface area contributed by atoms with E-state index >= 15 is 0 Å². The molecule has 1 aromatic carbocycles. The zero-order chi connectivity index (χ0) is 14.3. The third-order valence-electron chi connectivity index (χ3n) is 2.38. The molecule has 0 spiro atoms. The number of nitrogens with one attached hydrogen (secondary N) is 1. The Morgan fingerprint density at radius 3 is 2.79 bits per heavy atom. The third-order valence-corrected chi connectivity index (χ3v) is 2.61. The Morgan fingerprint density at radius 2 is 2.21 bits per heavy atom. The van der Waals surface area contributed by atoms with E-state index in [1.54, 1.807) is 24.3 Å². The van der Waals surface area contributed by atoms with Crippen molar-refractivity contribution in [2.75, 3.05) is 6.61 Å². The van der Waals surface area contributed by atoms with Gasteiger partial charge in [-0.1, -0.05) is 31.0 Å². The van der Waals surface area contributed by atoms with Gasteiger partial charge in [0.25, 0.3) is 5.91 Å². The SMILES string of the molecule is CCC[C@H](NC(=O)COc1cccc(Cl)c1)C(=O)O. The van der Waals surface area contributed by atoms with E-state index in [2.05, 4.69) is 5.32 Å². The molecule has 1 atom stereocenters. The Bertz CT molecular complexity index is 450. The molecule has 0 aromatic heterocycles. The minimum Gasteiger partial charge on any atom is -0.484 e. The lowest BCUT2D eigenvalue weighted by Crippen LogP contribution is -2.42. The van der Waals surface area contributed by atoms with E-state index in [0.717, 1.165) is 0 Å². The van der Waals surface area contributed by atoms with Gasteiger partial charge in [0.1, 0.15) is 11.8 Å². The molecule has 1 rings (SSSR count). The summed E-state index contributed by atoms with van der Waals surface area (Å²) in [6, 6.07) is 5.76. The number of hydrogen-bond acceptors (Lipinski definition) is 3. The van der Waals surface area contributed by atoms with Crippen LogP contribution >= 0.6 is 11.6 Å². The molecular weight excluding hydrogens is 270 g/mol. The van der Waals surface area contributed by atoms with E-state index in [4.69, 9.17) is 21.4 Å². The topological polar surface area (TPSA) is 75.6 Å². The van der Waals surface area contributed by atoms with E-state index in [9.17, 15) is 9.59 Å². The molecule has 0 bridgehead atoms. The van der Waals surface area contributed by atoms with Crippen molar-refractivity contribution in [1.82, 2.24) is 5.32 Å². The van der Waals surface area contributed by atoms with Crippen LogP contribution in [0.25, 0.3) is 0 Å². The molecule has 0 aliphatic carbocycles. The molecule has 0 saturated carbocycles. The molecule has 1 aromatic rings. The van der Waals surface area contributed by atoms with Gasteiger partial charge in [-0.15, -0.1) is 0 Å². The minimum absolute atomic E-state index is 0.242. The van der Waals surface area contributed by atoms with Crippen LogP contribution in [0.1, 0.15) is 19.8 Å². The predicted octanol–water partition coefficient (Wildman–Crippen LogP) is 2.09. The average molecular weight is 286 g/mol. The second-order valence-corrected chi connectivity index (χ2v) is 4.43. The van der Waals surface area contributed by atoms with Crippen molar-refractivity contribution in [2.45, 2.75) is 25.8 Å². The van der Waals surface area contributed by atoms with Gasteiger partial charge in [-0.05, 0) is 24.6 Å². The van der Waals surface area contributed by atoms with E-state index in [1.165, 1.54) is 0 Å². The summed E-state index contributed by atoms with van der Waals surface area (Å²) in [7, 11) is 0. The molecule has 0 heterocycles. The molecule has 0 fully saturated rings. The van der Waals surface area contributed by atoms with E-state index in [0.29, 0.717) is 23.6 Å². The Hall–Kier alpha value is -1.75. The zero-order valence-corrected chi connectivity index (χ0v) is 11.3. The van der Waals surface area contributed by atoms with Crippen molar-refractivity contribution >= 4 is 23.5 Å². The van der Waals surface area contributed by atoms with Crippen LogP contribution in [0.5, 0.6) is 5.75 Å². The molecular formula is C13H16ClNO4. The van der Waals surface area contributed by atoms with Crippen LogP contribution in [-0.4, -0.2) is 29.6 Å². The minimum atomic E-state index is -1.04. The van der Waals surface area contributed by atoms with Gasteiger partial charge in [-0.25, -0.2) is 4.79 Å². The second-order valence-electron chi connectivity index (χ2n) is 3.99. The number of carbonyl (C=O) groups is 2. The fraction of sp³-hybridized carbons (Fsp3) is 0.385. The van der Waals surface area contributed by atoms with Crippen molar-refractivity contribution in [1.29, 1.82) is 0 Å². The van der Waals surface area contributed by atoms with Crippen LogP contribution < -0.4 is 10.1 Å². The van der Waals surface area contributed by atoms with Gasteiger partial charge in [0.15, 0.2) is 6.61 Å². The van der Waals surface area contributed by atoms with E-state index in [-0.39, 0.29) is 6.61 Å². The van der Waals surface area contributed by atoms with Crippen LogP contribution in [0.15, 0.2) is 24.3 Å². The summed E-state index contributed by atoms with van der Waals surface area (Å²) in [5.74, 6) is -1.05. The molecule has 0 aliphatic heterocycles. The Morgan fingerprint density at radius 1 is 1.47 bits per heavy atom. The normalized spacial score (nSPS) is 11.7. The maximum atomic E-state index is 11.6. The fourth-order valence-electron chi connectivity index (χ4n) is 1.49. The van der Waals surface area contributed by atoms with E-state index < -0.39 is 17.9 Å². The lowest BCUT2D eigenvalue weighted by atomic mass is 10.2. The lowest BCUT2D eigenvalue weighted by molar-refractivity contribution is -0.142. The maximum absolute atomic E-state index is 11.6. The monoisotopic (exact) mass is 285 g/mol. The van der Waals surface area contributed by atoms with Crippen molar-refractivity contribution < 1.29 is 19.4 Å². The van der Waals surface area contributed by atoms with Crippen molar-refractivity contribution in [3.8, 4) is 5.75 Å². The van der Waals surface area contributed by atoms with Crippen LogP contribution in [0.2, 0.25) is 5.02 Å². The van der Waals surface area contributed by atoms with Crippen LogP contribution in [0, 0.1) is 0 Å². The van der Waals surface area contributed by atoms with E-state index in [1.807, 2.05) is 6.92 Å². The fourth-order valence-corrected chi connectivity index (χ4v) is 1.67. The third kappa shape index (κ3) is 5.61. The van der Waals surface area contributed by atoms with Gasteiger partial charge in [0.2, 0.25) is 0 Å². The number of aliphatic carboxylic acids is 1. The highest BCUT2D eigenvalue weighted by atomic mass is 35.5. The molecule has 0 saturated heterocycles. The first-order valence-corrected chi connectivity index (χ1v) is 6.31. The number of ether oxygens (including phenoxy) is 1. The summed E-state index contributed by atoms with van der Waals surface area (Å²) in [6.07, 6.45) is 1.06. The highest BCUT2D eigenvalue weighted by Crippen LogP contribution is 2.16. The quantitative estimate of drug-likeness (QED) is 0.804. The van der Waals surface area contributed by atoms with Gasteiger partial charge in [0.05, 0.1) is 0 Å². The van der Waals surface area contributed by atoms with Gasteiger partial charge in [-0.3, -0.25) is 4.79 Å². The first-order chi connectivity index (χ1) is 9.02. The smallest absolute Gasteiger partial charge is 0.326 e. The van der Waals surface area contributed by atoms with Crippen LogP contribution in [-0.2, 0) is 9.59 Å². The summed E-state index contributed by atoms with van der Waals surface area (Å²) < 4.78 is 5.22. The van der Waals surface area contributed by atoms with Gasteiger partial charge in [-0.2, -0.15) is 0 Å². The average Bonchev–Trinajstić information content (AvgIpc) is 2.36. The number of halogens is 1. The summed E-state index contributed by atoms with van der Waals surface area (Å²) in [4.78, 5) is 22.4. The second kappa shape index (κ2) is 7.63. The number of benzene rings is 1. The summed E-state index contributed by atoms with van der Waals surface area (Å²) in [6.45, 7) is 1.61. The standard InChI is InChI=1S/C13H16ClNO4/c1-2-4-11(13(17)18)15-12(16)8-19-10-6-3-5-9(14)7-10/h3,5-7,11H,2,4,8H2,1H3,(H,15,16)(H,17,18)/t11-/m0/s1. The predicted molar refractivity (Wildman–Crippen MR) is 71.4 cm³/mol. The molecule has 104 valence electrons. The highest BCUT2D eigenvalue weighted by Gasteiger charge is 2.18. The van der Waals surface area contributed by atoms with Crippen molar-refractivity contribution in [3.63, 3.8) is 0 Å². The Kier molecular flexibility index (Phi) is 6.15. The van der Waals surface area contributed by atoms with Gasteiger partial charge >= 0.3 is 5.97 Å². The van der Waals surface area contributed by atoms with Crippen molar-refractivity contribution in [2.24, 2.45) is 0 Å². The summed E-state index contributed by atoms with van der Waals surface area (Å²) >= 11 is 5.77. The number of rotatable bonds is 7. The summed E-state index contributed by atoms with van der Waals surface area (Å²) in [5.41, 5.74) is 0. The molecule has 19 heavy (non-hydrogen) atoms. The number of carboxylic acid groups (broad SMARTS) is 1. The van der Waals surface area contributed by atoms with Gasteiger partial charge < -0.3 is 15.2 Å². The Balaban J connectivity index is 2.44. The first kappa shape index (κ1) is 15.3. The Labute approximate surface area is 116 Å². The largest absolute Gasteiger partial charge is 0.484 e. The van der Waals surface area contributed by atoms with Gasteiger partial charge in [0, 0.05) is 5.02 Å². The number of hydrogen-bond donors (Lipinski definition) is 2.